The summed E-state index contributed by atoms with van der Waals surface area (Å²) in [6.07, 6.45) is 2.40. The lowest BCUT2D eigenvalue weighted by Crippen LogP contribution is -2.35. The Balaban J connectivity index is 1.75. The molecule has 1 N–H and O–H groups in total. The summed E-state index contributed by atoms with van der Waals surface area (Å²) >= 11 is 0. The third-order valence-electron chi connectivity index (χ3n) is 4.52. The van der Waals surface area contributed by atoms with E-state index in [2.05, 4.69) is 0 Å². The van der Waals surface area contributed by atoms with Crippen molar-refractivity contribution in [2.45, 2.75) is 31.8 Å². The molecule has 0 aromatic heterocycles. The van der Waals surface area contributed by atoms with Crippen LogP contribution in [0.2, 0.25) is 0 Å². The third kappa shape index (κ3) is 2.58. The van der Waals surface area contributed by atoms with E-state index in [9.17, 15) is 19.1 Å². The van der Waals surface area contributed by atoms with E-state index in [1.165, 1.54) is 18.2 Å². The van der Waals surface area contributed by atoms with Gasteiger partial charge in [-0.2, -0.15) is 0 Å². The number of hydrogen-bond donors (Lipinski definition) is 1. The highest BCUT2D eigenvalue weighted by molar-refractivity contribution is 6.05. The highest BCUT2D eigenvalue weighted by Gasteiger charge is 2.48. The van der Waals surface area contributed by atoms with Crippen LogP contribution in [0.3, 0.4) is 0 Å². The fraction of sp³-hybridized carbons (Fsp3) is 0.500. The average Bonchev–Trinajstić information content (AvgIpc) is 2.73. The second-order valence-electron chi connectivity index (χ2n) is 5.86. The van der Waals surface area contributed by atoms with E-state index in [4.69, 9.17) is 0 Å². The van der Waals surface area contributed by atoms with Gasteiger partial charge in [0.1, 0.15) is 5.82 Å². The molecule has 1 saturated carbocycles. The monoisotopic (exact) mass is 291 g/mol. The molecule has 1 saturated heterocycles. The van der Waals surface area contributed by atoms with Gasteiger partial charge < -0.3 is 5.11 Å². The zero-order valence-corrected chi connectivity index (χ0v) is 11.7. The first-order valence-corrected chi connectivity index (χ1v) is 7.36. The summed E-state index contributed by atoms with van der Waals surface area (Å²) in [6, 6.07) is 5.60. The summed E-state index contributed by atoms with van der Waals surface area (Å²) < 4.78 is 13.2. The normalized spacial score (nSPS) is 26.9. The van der Waals surface area contributed by atoms with Gasteiger partial charge in [0.05, 0.1) is 24.5 Å². The molecule has 1 heterocycles. The predicted molar refractivity (Wildman–Crippen MR) is 73.5 cm³/mol. The summed E-state index contributed by atoms with van der Waals surface area (Å²) in [5.74, 6) is -1.24. The average molecular weight is 291 g/mol. The van der Waals surface area contributed by atoms with Gasteiger partial charge in [-0.15, -0.1) is 0 Å². The zero-order chi connectivity index (χ0) is 15.0. The summed E-state index contributed by atoms with van der Waals surface area (Å²) in [4.78, 5) is 25.8. The Morgan fingerprint density at radius 1 is 1.19 bits per heavy atom. The first kappa shape index (κ1) is 14.2. The maximum absolute atomic E-state index is 13.2. The van der Waals surface area contributed by atoms with Gasteiger partial charge in [-0.05, 0) is 30.5 Å². The zero-order valence-electron chi connectivity index (χ0n) is 11.7. The highest BCUT2D eigenvalue weighted by atomic mass is 19.1. The molecule has 1 aliphatic carbocycles. The molecule has 3 atom stereocenters. The topological polar surface area (TPSA) is 57.6 Å². The van der Waals surface area contributed by atoms with Crippen molar-refractivity contribution in [1.82, 2.24) is 4.90 Å². The number of carbonyl (C=O) groups excluding carboxylic acids is 2. The third-order valence-corrected chi connectivity index (χ3v) is 4.52. The minimum atomic E-state index is -1.05. The van der Waals surface area contributed by atoms with E-state index in [-0.39, 0.29) is 30.2 Å². The van der Waals surface area contributed by atoms with Crippen LogP contribution in [0.4, 0.5) is 4.39 Å². The second kappa shape index (κ2) is 5.56. The Labute approximate surface area is 122 Å². The Bertz CT molecular complexity index is 550. The van der Waals surface area contributed by atoms with Crippen LogP contribution >= 0.6 is 0 Å². The summed E-state index contributed by atoms with van der Waals surface area (Å²) in [5.41, 5.74) is 0.380. The largest absolute Gasteiger partial charge is 0.387 e. The van der Waals surface area contributed by atoms with Crippen molar-refractivity contribution in [2.75, 3.05) is 6.54 Å². The van der Waals surface area contributed by atoms with Crippen molar-refractivity contribution >= 4 is 11.8 Å². The van der Waals surface area contributed by atoms with E-state index >= 15 is 0 Å². The Hall–Kier alpha value is -1.75. The number of halogens is 1. The van der Waals surface area contributed by atoms with Crippen LogP contribution in [-0.2, 0) is 9.59 Å². The van der Waals surface area contributed by atoms with Crippen molar-refractivity contribution in [3.63, 3.8) is 0 Å². The van der Waals surface area contributed by atoms with Crippen LogP contribution in [0.15, 0.2) is 24.3 Å². The number of rotatable bonds is 3. The van der Waals surface area contributed by atoms with Gasteiger partial charge in [-0.1, -0.05) is 25.0 Å². The van der Waals surface area contributed by atoms with E-state index in [0.717, 1.165) is 30.6 Å². The maximum atomic E-state index is 13.2. The molecular formula is C16H18FNO3. The lowest BCUT2D eigenvalue weighted by atomic mass is 9.81. The summed E-state index contributed by atoms with van der Waals surface area (Å²) in [6.45, 7) is -0.0892. The van der Waals surface area contributed by atoms with E-state index < -0.39 is 11.9 Å². The summed E-state index contributed by atoms with van der Waals surface area (Å²) in [5, 5.41) is 10.2. The first-order valence-electron chi connectivity index (χ1n) is 7.36. The van der Waals surface area contributed by atoms with Gasteiger partial charge in [-0.25, -0.2) is 4.39 Å². The Morgan fingerprint density at radius 2 is 1.81 bits per heavy atom. The van der Waals surface area contributed by atoms with E-state index in [0.29, 0.717) is 5.56 Å². The molecule has 21 heavy (non-hydrogen) atoms. The summed E-state index contributed by atoms with van der Waals surface area (Å²) in [7, 11) is 0. The maximum Gasteiger partial charge on any atom is 0.233 e. The second-order valence-corrected chi connectivity index (χ2v) is 5.86. The number of carbonyl (C=O) groups is 2. The minimum absolute atomic E-state index is 0.0892. The molecule has 4 nitrogen and oxygen atoms in total. The Morgan fingerprint density at radius 3 is 2.38 bits per heavy atom. The molecule has 112 valence electrons. The molecule has 5 heteroatoms. The Kier molecular flexibility index (Phi) is 3.76. The van der Waals surface area contributed by atoms with Gasteiger partial charge >= 0.3 is 0 Å². The highest BCUT2D eigenvalue weighted by Crippen LogP contribution is 2.38. The van der Waals surface area contributed by atoms with Gasteiger partial charge in [0.2, 0.25) is 11.8 Å². The fourth-order valence-corrected chi connectivity index (χ4v) is 3.40. The number of fused-ring (bicyclic) bond motifs is 1. The van der Waals surface area contributed by atoms with Crippen molar-refractivity contribution in [3.8, 4) is 0 Å². The molecule has 1 aliphatic heterocycles. The van der Waals surface area contributed by atoms with Crippen molar-refractivity contribution in [1.29, 1.82) is 0 Å². The number of likely N-dealkylation sites (tertiary alicyclic amines) is 1. The van der Waals surface area contributed by atoms with Crippen LogP contribution in [-0.4, -0.2) is 28.4 Å². The van der Waals surface area contributed by atoms with Crippen LogP contribution < -0.4 is 0 Å². The van der Waals surface area contributed by atoms with Gasteiger partial charge in [0.25, 0.3) is 0 Å². The molecule has 0 unspecified atom stereocenters. The van der Waals surface area contributed by atoms with Crippen molar-refractivity contribution in [3.05, 3.63) is 35.6 Å². The molecule has 1 aromatic carbocycles. The van der Waals surface area contributed by atoms with Crippen LogP contribution in [0.1, 0.15) is 37.4 Å². The molecular weight excluding hydrogens is 273 g/mol. The number of aliphatic hydroxyl groups excluding tert-OH is 1. The van der Waals surface area contributed by atoms with Gasteiger partial charge in [0.15, 0.2) is 0 Å². The molecule has 3 rings (SSSR count). The molecule has 2 fully saturated rings. The minimum Gasteiger partial charge on any atom is -0.387 e. The predicted octanol–water partition coefficient (Wildman–Crippen LogP) is 2.03. The van der Waals surface area contributed by atoms with E-state index in [1.54, 1.807) is 6.07 Å². The number of imide groups is 1. The van der Waals surface area contributed by atoms with E-state index in [1.807, 2.05) is 0 Å². The molecule has 0 radical (unpaired) electrons. The van der Waals surface area contributed by atoms with Crippen LogP contribution in [0, 0.1) is 17.7 Å². The molecule has 2 amide bonds. The number of nitrogens with zero attached hydrogens (tertiary/aromatic N) is 1. The van der Waals surface area contributed by atoms with Crippen LogP contribution in [0.5, 0.6) is 0 Å². The number of β-amino-alcohol motifs (C(OH)–C–C–N with tert-alkyl or cyclic N) is 1. The standard InChI is InChI=1S/C16H18FNO3/c17-11-5-3-4-10(8-11)14(19)9-18-15(20)12-6-1-2-7-13(12)16(18)21/h3-5,8,12-14,19H,1-2,6-7,9H2/t12-,13-,14-/m1/s1. The molecule has 0 spiro atoms. The number of benzene rings is 1. The van der Waals surface area contributed by atoms with Crippen molar-refractivity contribution in [2.24, 2.45) is 11.8 Å². The number of aliphatic hydroxyl groups is 1. The molecule has 2 aliphatic rings. The number of amides is 2. The molecule has 0 bridgehead atoms. The van der Waals surface area contributed by atoms with Gasteiger partial charge in [0, 0.05) is 0 Å². The van der Waals surface area contributed by atoms with Crippen LogP contribution in [0.25, 0.3) is 0 Å². The lowest BCUT2D eigenvalue weighted by Gasteiger charge is -2.19. The fourth-order valence-electron chi connectivity index (χ4n) is 3.40. The van der Waals surface area contributed by atoms with Crippen molar-refractivity contribution < 1.29 is 19.1 Å². The lowest BCUT2D eigenvalue weighted by molar-refractivity contribution is -0.141. The first-order chi connectivity index (χ1) is 10.1. The molecule has 1 aromatic rings. The van der Waals surface area contributed by atoms with Gasteiger partial charge in [-0.3, -0.25) is 14.5 Å². The quantitative estimate of drug-likeness (QED) is 0.867. The number of hydrogen-bond acceptors (Lipinski definition) is 3. The smallest absolute Gasteiger partial charge is 0.233 e. The SMILES string of the molecule is O=C1[C@@H]2CCCC[C@H]2C(=O)N1C[C@@H](O)c1cccc(F)c1.